The van der Waals surface area contributed by atoms with Crippen LogP contribution in [0.25, 0.3) is 0 Å². The van der Waals surface area contributed by atoms with Gasteiger partial charge in [-0.3, -0.25) is 0 Å². The fourth-order valence-corrected chi connectivity index (χ4v) is 2.06. The van der Waals surface area contributed by atoms with Crippen molar-refractivity contribution in [3.63, 3.8) is 0 Å². The van der Waals surface area contributed by atoms with Crippen LogP contribution in [0.1, 0.15) is 37.8 Å². The molecule has 0 bridgehead atoms. The van der Waals surface area contributed by atoms with E-state index in [1.165, 1.54) is 0 Å². The molecule has 1 atom stereocenters. The molecule has 21 heavy (non-hydrogen) atoms. The lowest BCUT2D eigenvalue weighted by Gasteiger charge is -2.15. The van der Waals surface area contributed by atoms with Crippen molar-refractivity contribution in [1.29, 1.82) is 5.26 Å². The van der Waals surface area contributed by atoms with Crippen molar-refractivity contribution >= 4 is 5.69 Å². The Morgan fingerprint density at radius 3 is 2.81 bits per heavy atom. The van der Waals surface area contributed by atoms with E-state index >= 15 is 0 Å². The fraction of sp³-hybridized carbons (Fsp3) is 0.588. The molecule has 0 aliphatic rings. The summed E-state index contributed by atoms with van der Waals surface area (Å²) in [6.45, 7) is 7.66. The van der Waals surface area contributed by atoms with E-state index in [2.05, 4.69) is 25.2 Å². The van der Waals surface area contributed by atoms with Crippen molar-refractivity contribution in [1.82, 2.24) is 0 Å². The summed E-state index contributed by atoms with van der Waals surface area (Å²) in [7, 11) is 0. The van der Waals surface area contributed by atoms with Crippen LogP contribution in [0.4, 0.5) is 5.69 Å². The first-order valence-corrected chi connectivity index (χ1v) is 7.54. The molecule has 1 unspecified atom stereocenters. The minimum absolute atomic E-state index is 0.318. The van der Waals surface area contributed by atoms with Crippen LogP contribution in [-0.4, -0.2) is 31.0 Å². The van der Waals surface area contributed by atoms with Gasteiger partial charge in [-0.05, 0) is 37.3 Å². The number of rotatable bonds is 9. The van der Waals surface area contributed by atoms with E-state index in [1.807, 2.05) is 25.1 Å². The number of aliphatic hydroxyl groups excluding tert-OH is 1. The van der Waals surface area contributed by atoms with E-state index in [1.54, 1.807) is 0 Å². The number of ether oxygens (including phenoxy) is 1. The Bertz CT molecular complexity index is 466. The molecule has 0 spiro atoms. The highest BCUT2D eigenvalue weighted by Gasteiger charge is 2.08. The summed E-state index contributed by atoms with van der Waals surface area (Å²) in [4.78, 5) is 0. The van der Waals surface area contributed by atoms with E-state index in [-0.39, 0.29) is 0 Å². The van der Waals surface area contributed by atoms with Gasteiger partial charge in [-0.2, -0.15) is 5.26 Å². The lowest BCUT2D eigenvalue weighted by atomic mass is 10.1. The Hall–Kier alpha value is -1.57. The van der Waals surface area contributed by atoms with Gasteiger partial charge in [-0.1, -0.05) is 26.0 Å². The van der Waals surface area contributed by atoms with Crippen LogP contribution >= 0.6 is 0 Å². The van der Waals surface area contributed by atoms with Gasteiger partial charge in [0.15, 0.2) is 0 Å². The summed E-state index contributed by atoms with van der Waals surface area (Å²) in [6.07, 6.45) is 1.59. The van der Waals surface area contributed by atoms with E-state index in [4.69, 9.17) is 10.00 Å². The number of nitrogens with one attached hydrogen (secondary N) is 1. The Morgan fingerprint density at radius 1 is 1.38 bits per heavy atom. The molecule has 0 radical (unpaired) electrons. The molecule has 116 valence electrons. The topological polar surface area (TPSA) is 65.3 Å². The van der Waals surface area contributed by atoms with Crippen molar-refractivity contribution in [2.75, 3.05) is 25.1 Å². The number of aliphatic hydroxyl groups is 1. The minimum atomic E-state index is -0.573. The van der Waals surface area contributed by atoms with Gasteiger partial charge in [0.25, 0.3) is 0 Å². The number of nitrogens with zero attached hydrogens (tertiary/aromatic N) is 1. The highest BCUT2D eigenvalue weighted by molar-refractivity contribution is 5.60. The summed E-state index contributed by atoms with van der Waals surface area (Å²) in [5.74, 6) is 0.686. The zero-order valence-corrected chi connectivity index (χ0v) is 13.2. The molecule has 1 aromatic carbocycles. The Balaban J connectivity index is 2.29. The predicted molar refractivity (Wildman–Crippen MR) is 85.3 cm³/mol. The van der Waals surface area contributed by atoms with Crippen molar-refractivity contribution in [3.8, 4) is 6.07 Å². The Morgan fingerprint density at radius 2 is 2.14 bits per heavy atom. The van der Waals surface area contributed by atoms with E-state index in [9.17, 15) is 5.11 Å². The van der Waals surface area contributed by atoms with Crippen LogP contribution in [0.5, 0.6) is 0 Å². The zero-order valence-electron chi connectivity index (χ0n) is 13.2. The van der Waals surface area contributed by atoms with Gasteiger partial charge >= 0.3 is 0 Å². The third-order valence-corrected chi connectivity index (χ3v) is 3.29. The number of hydrogen-bond donors (Lipinski definition) is 2. The molecule has 0 heterocycles. The highest BCUT2D eigenvalue weighted by atomic mass is 16.5. The Kier molecular flexibility index (Phi) is 7.81. The molecule has 0 aromatic heterocycles. The molecule has 2 N–H and O–H groups in total. The van der Waals surface area contributed by atoms with Crippen molar-refractivity contribution in [2.45, 2.75) is 39.7 Å². The second kappa shape index (κ2) is 9.38. The summed E-state index contributed by atoms with van der Waals surface area (Å²) in [5.41, 5.74) is 2.32. The summed E-state index contributed by atoms with van der Waals surface area (Å²) < 4.78 is 5.46. The van der Waals surface area contributed by atoms with E-state index < -0.39 is 6.10 Å². The van der Waals surface area contributed by atoms with Crippen molar-refractivity contribution < 1.29 is 9.84 Å². The standard InChI is InChI=1S/C17H26N2O2/c1-13(2)6-5-9-21-12-15(20)11-19-17-8-4-7-14(3)16(17)10-18/h4,7-8,13,15,19-20H,5-6,9,11-12H2,1-3H3. The molecule has 0 aliphatic carbocycles. The summed E-state index contributed by atoms with van der Waals surface area (Å²) in [6, 6.07) is 7.83. The molecular weight excluding hydrogens is 264 g/mol. The molecule has 1 rings (SSSR count). The molecule has 0 fully saturated rings. The number of benzene rings is 1. The fourth-order valence-electron chi connectivity index (χ4n) is 2.06. The molecule has 0 saturated heterocycles. The van der Waals surface area contributed by atoms with Crippen LogP contribution < -0.4 is 5.32 Å². The minimum Gasteiger partial charge on any atom is -0.389 e. The average molecular weight is 290 g/mol. The number of aryl methyl sites for hydroxylation is 1. The monoisotopic (exact) mass is 290 g/mol. The second-order valence-corrected chi connectivity index (χ2v) is 5.75. The third-order valence-electron chi connectivity index (χ3n) is 3.29. The largest absolute Gasteiger partial charge is 0.389 e. The summed E-state index contributed by atoms with van der Waals surface area (Å²) >= 11 is 0. The predicted octanol–water partition coefficient (Wildman–Crippen LogP) is 3.09. The third kappa shape index (κ3) is 6.61. The van der Waals surface area contributed by atoms with Gasteiger partial charge in [0.1, 0.15) is 6.07 Å². The Labute approximate surface area is 127 Å². The molecule has 4 nitrogen and oxygen atoms in total. The first kappa shape index (κ1) is 17.5. The maximum absolute atomic E-state index is 9.88. The van der Waals surface area contributed by atoms with Gasteiger partial charge < -0.3 is 15.2 Å². The summed E-state index contributed by atoms with van der Waals surface area (Å²) in [5, 5.41) is 22.1. The lowest BCUT2D eigenvalue weighted by molar-refractivity contribution is 0.0409. The maximum Gasteiger partial charge on any atom is 0.102 e. The molecule has 0 aliphatic heterocycles. The number of hydrogen-bond acceptors (Lipinski definition) is 4. The second-order valence-electron chi connectivity index (χ2n) is 5.75. The van der Waals surface area contributed by atoms with Gasteiger partial charge in [0, 0.05) is 13.2 Å². The molecule has 0 saturated carbocycles. The normalized spacial score (nSPS) is 12.2. The first-order chi connectivity index (χ1) is 10.0. The quantitative estimate of drug-likeness (QED) is 0.686. The molecule has 1 aromatic rings. The van der Waals surface area contributed by atoms with E-state index in [0.717, 1.165) is 24.1 Å². The van der Waals surface area contributed by atoms with Crippen LogP contribution in [0.3, 0.4) is 0 Å². The number of nitriles is 1. The average Bonchev–Trinajstić information content (AvgIpc) is 2.44. The van der Waals surface area contributed by atoms with Gasteiger partial charge in [0.05, 0.1) is 24.0 Å². The lowest BCUT2D eigenvalue weighted by Crippen LogP contribution is -2.25. The van der Waals surface area contributed by atoms with Crippen LogP contribution in [0, 0.1) is 24.2 Å². The van der Waals surface area contributed by atoms with Gasteiger partial charge in [-0.15, -0.1) is 0 Å². The number of anilines is 1. The smallest absolute Gasteiger partial charge is 0.102 e. The van der Waals surface area contributed by atoms with Crippen LogP contribution in [-0.2, 0) is 4.74 Å². The zero-order chi connectivity index (χ0) is 15.7. The van der Waals surface area contributed by atoms with Crippen molar-refractivity contribution in [3.05, 3.63) is 29.3 Å². The first-order valence-electron chi connectivity index (χ1n) is 7.54. The molecule has 0 amide bonds. The maximum atomic E-state index is 9.88. The van der Waals surface area contributed by atoms with Crippen molar-refractivity contribution in [2.24, 2.45) is 5.92 Å². The van der Waals surface area contributed by atoms with E-state index in [0.29, 0.717) is 31.2 Å². The SMILES string of the molecule is Cc1cccc(NCC(O)COCCCC(C)C)c1C#N. The van der Waals surface area contributed by atoms with Crippen LogP contribution in [0.2, 0.25) is 0 Å². The van der Waals surface area contributed by atoms with Gasteiger partial charge in [0.2, 0.25) is 0 Å². The molecule has 4 heteroatoms. The van der Waals surface area contributed by atoms with Gasteiger partial charge in [-0.25, -0.2) is 0 Å². The van der Waals surface area contributed by atoms with Crippen LogP contribution in [0.15, 0.2) is 18.2 Å². The highest BCUT2D eigenvalue weighted by Crippen LogP contribution is 2.18. The molecular formula is C17H26N2O2.